The highest BCUT2D eigenvalue weighted by Crippen LogP contribution is 2.36. The van der Waals surface area contributed by atoms with Gasteiger partial charge in [-0.2, -0.15) is 0 Å². The summed E-state index contributed by atoms with van der Waals surface area (Å²) in [5, 5.41) is 13.5. The number of amides is 1. The van der Waals surface area contributed by atoms with Crippen LogP contribution in [-0.4, -0.2) is 30.2 Å². The summed E-state index contributed by atoms with van der Waals surface area (Å²) < 4.78 is 10.6. The van der Waals surface area contributed by atoms with Gasteiger partial charge in [0.2, 0.25) is 0 Å². The van der Waals surface area contributed by atoms with Gasteiger partial charge in [-0.1, -0.05) is 23.4 Å². The highest BCUT2D eigenvalue weighted by atomic mass is 32.2. The van der Waals surface area contributed by atoms with Gasteiger partial charge >= 0.3 is 5.63 Å². The third kappa shape index (κ3) is 3.72. The predicted octanol–water partition coefficient (Wildman–Crippen LogP) is 4.92. The average Bonchev–Trinajstić information content (AvgIpc) is 3.13. The van der Waals surface area contributed by atoms with Gasteiger partial charge in [-0.3, -0.25) is 4.79 Å². The molecule has 7 nitrogen and oxygen atoms in total. The Balaban J connectivity index is 1.60. The van der Waals surface area contributed by atoms with E-state index < -0.39 is 11.5 Å². The van der Waals surface area contributed by atoms with Gasteiger partial charge in [-0.15, -0.1) is 11.8 Å². The highest BCUT2D eigenvalue weighted by molar-refractivity contribution is 7.98. The largest absolute Gasteiger partial charge is 0.497 e. The Kier molecular flexibility index (Phi) is 5.59. The first-order valence-electron chi connectivity index (χ1n) is 10.5. The summed E-state index contributed by atoms with van der Waals surface area (Å²) in [7, 11) is 1.53. The van der Waals surface area contributed by atoms with Crippen molar-refractivity contribution < 1.29 is 19.2 Å². The van der Waals surface area contributed by atoms with Gasteiger partial charge in [0.05, 0.1) is 19.3 Å². The van der Waals surface area contributed by atoms with Crippen molar-refractivity contribution in [3.05, 3.63) is 88.3 Å². The van der Waals surface area contributed by atoms with Crippen LogP contribution in [0, 0.1) is 0 Å². The standard InChI is InChI=1S/C26H20N2O5S/c1-32-18-6-10-20-17(12-24(29)33-23(20)13-18)14-28-22-11-16(15-3-7-19(34-2)8-4-15)5-9-21(22)25(27-31)26(28)30/h3-13,31H,14H2,1-2H3/b27-25+. The third-order valence-corrected chi connectivity index (χ3v) is 6.62. The van der Waals surface area contributed by atoms with Gasteiger partial charge in [-0.05, 0) is 59.3 Å². The van der Waals surface area contributed by atoms with E-state index in [1.54, 1.807) is 36.0 Å². The molecule has 2 heterocycles. The molecule has 3 aromatic carbocycles. The molecule has 0 spiro atoms. The molecule has 0 radical (unpaired) electrons. The summed E-state index contributed by atoms with van der Waals surface area (Å²) in [6.07, 6.45) is 2.02. The molecule has 0 saturated heterocycles. The minimum absolute atomic E-state index is 0.0341. The molecule has 34 heavy (non-hydrogen) atoms. The van der Waals surface area contributed by atoms with Crippen LogP contribution < -0.4 is 15.3 Å². The Bertz CT molecular complexity index is 1510. The molecule has 0 unspecified atom stereocenters. The molecule has 0 fully saturated rings. The van der Waals surface area contributed by atoms with Crippen LogP contribution in [0.25, 0.3) is 22.1 Å². The van der Waals surface area contributed by atoms with Crippen LogP contribution in [0.3, 0.4) is 0 Å². The second-order valence-corrected chi connectivity index (χ2v) is 8.63. The van der Waals surface area contributed by atoms with Gasteiger partial charge < -0.3 is 19.3 Å². The van der Waals surface area contributed by atoms with Crippen LogP contribution in [0.2, 0.25) is 0 Å². The van der Waals surface area contributed by atoms with E-state index in [9.17, 15) is 14.8 Å². The SMILES string of the molecule is COc1ccc2c(CN3C(=O)/C(=N/O)c4ccc(-c5ccc(SC)cc5)cc43)cc(=O)oc2c1. The molecule has 4 aromatic rings. The zero-order valence-corrected chi connectivity index (χ0v) is 19.3. The quantitative estimate of drug-likeness (QED) is 0.192. The van der Waals surface area contributed by atoms with Gasteiger partial charge in [0, 0.05) is 28.0 Å². The number of fused-ring (bicyclic) bond motifs is 2. The molecule has 1 aromatic heterocycles. The predicted molar refractivity (Wildman–Crippen MR) is 132 cm³/mol. The monoisotopic (exact) mass is 472 g/mol. The van der Waals surface area contributed by atoms with Crippen molar-refractivity contribution in [3.63, 3.8) is 0 Å². The maximum atomic E-state index is 13.2. The molecule has 1 N–H and O–H groups in total. The van der Waals surface area contributed by atoms with E-state index in [1.165, 1.54) is 18.1 Å². The number of anilines is 1. The van der Waals surface area contributed by atoms with Crippen molar-refractivity contribution in [1.29, 1.82) is 0 Å². The van der Waals surface area contributed by atoms with Crippen molar-refractivity contribution in [2.24, 2.45) is 5.16 Å². The normalized spacial score (nSPS) is 14.1. The van der Waals surface area contributed by atoms with Crippen molar-refractivity contribution in [2.45, 2.75) is 11.4 Å². The number of hydrogen-bond donors (Lipinski definition) is 1. The first kappa shape index (κ1) is 21.8. The van der Waals surface area contributed by atoms with Crippen LogP contribution in [0.1, 0.15) is 11.1 Å². The number of methoxy groups -OCH3 is 1. The maximum absolute atomic E-state index is 13.2. The highest BCUT2D eigenvalue weighted by Gasteiger charge is 2.35. The molecule has 0 aliphatic carbocycles. The van der Waals surface area contributed by atoms with Gasteiger partial charge in [0.15, 0.2) is 5.71 Å². The van der Waals surface area contributed by atoms with E-state index >= 15 is 0 Å². The van der Waals surface area contributed by atoms with E-state index in [-0.39, 0.29) is 12.3 Å². The van der Waals surface area contributed by atoms with Crippen molar-refractivity contribution in [3.8, 4) is 16.9 Å². The number of benzene rings is 3. The lowest BCUT2D eigenvalue weighted by Gasteiger charge is -2.18. The van der Waals surface area contributed by atoms with Crippen molar-refractivity contribution in [1.82, 2.24) is 0 Å². The van der Waals surface area contributed by atoms with E-state index in [1.807, 2.05) is 42.7 Å². The molecule has 8 heteroatoms. The third-order valence-electron chi connectivity index (χ3n) is 5.88. The Hall–Kier alpha value is -4.04. The van der Waals surface area contributed by atoms with E-state index in [0.717, 1.165) is 16.0 Å². The second-order valence-electron chi connectivity index (χ2n) is 7.75. The molecular formula is C26H20N2O5S. The zero-order valence-electron chi connectivity index (χ0n) is 18.4. The first-order chi connectivity index (χ1) is 16.5. The van der Waals surface area contributed by atoms with E-state index in [2.05, 4.69) is 5.16 Å². The Morgan fingerprint density at radius 1 is 1.00 bits per heavy atom. The smallest absolute Gasteiger partial charge is 0.336 e. The molecule has 1 amide bonds. The van der Waals surface area contributed by atoms with Crippen molar-refractivity contribution >= 4 is 40.0 Å². The second kappa shape index (κ2) is 8.72. The number of ether oxygens (including phenoxy) is 1. The Labute approximate surface area is 199 Å². The molecular weight excluding hydrogens is 452 g/mol. The molecule has 170 valence electrons. The number of hydrogen-bond acceptors (Lipinski definition) is 7. The van der Waals surface area contributed by atoms with Crippen LogP contribution in [-0.2, 0) is 11.3 Å². The summed E-state index contributed by atoms with van der Waals surface area (Å²) in [6, 6.07) is 20.3. The summed E-state index contributed by atoms with van der Waals surface area (Å²) in [4.78, 5) is 28.1. The van der Waals surface area contributed by atoms with Gasteiger partial charge in [-0.25, -0.2) is 4.79 Å². The van der Waals surface area contributed by atoms with Gasteiger partial charge in [0.1, 0.15) is 11.3 Å². The number of rotatable bonds is 5. The van der Waals surface area contributed by atoms with Crippen molar-refractivity contribution in [2.75, 3.05) is 18.3 Å². The summed E-state index contributed by atoms with van der Waals surface area (Å²) in [5.74, 6) is 0.115. The number of carbonyl (C=O) groups excluding carboxylic acids is 1. The van der Waals surface area contributed by atoms with E-state index in [4.69, 9.17) is 9.15 Å². The minimum Gasteiger partial charge on any atom is -0.497 e. The summed E-state index contributed by atoms with van der Waals surface area (Å²) in [6.45, 7) is 0.105. The lowest BCUT2D eigenvalue weighted by molar-refractivity contribution is -0.112. The maximum Gasteiger partial charge on any atom is 0.336 e. The van der Waals surface area contributed by atoms with Crippen LogP contribution in [0.15, 0.2) is 86.0 Å². The number of nitrogens with zero attached hydrogens (tertiary/aromatic N) is 2. The minimum atomic E-state index is -0.527. The molecule has 1 aliphatic heterocycles. The molecule has 0 bridgehead atoms. The fourth-order valence-corrected chi connectivity index (χ4v) is 4.57. The lowest BCUT2D eigenvalue weighted by atomic mass is 10.0. The Morgan fingerprint density at radius 3 is 2.47 bits per heavy atom. The fourth-order valence-electron chi connectivity index (χ4n) is 4.16. The van der Waals surface area contributed by atoms with Crippen LogP contribution in [0.4, 0.5) is 5.69 Å². The first-order valence-corrected chi connectivity index (χ1v) is 11.7. The van der Waals surface area contributed by atoms with Crippen LogP contribution >= 0.6 is 11.8 Å². The van der Waals surface area contributed by atoms with Crippen LogP contribution in [0.5, 0.6) is 5.75 Å². The zero-order chi connectivity index (χ0) is 23.8. The molecule has 5 rings (SSSR count). The number of thioether (sulfide) groups is 1. The number of oxime groups is 1. The molecule has 0 saturated carbocycles. The van der Waals surface area contributed by atoms with Gasteiger partial charge in [0.25, 0.3) is 5.91 Å². The topological polar surface area (TPSA) is 92.3 Å². The summed E-state index contributed by atoms with van der Waals surface area (Å²) >= 11 is 1.66. The van der Waals surface area contributed by atoms with E-state index in [0.29, 0.717) is 33.5 Å². The average molecular weight is 473 g/mol. The molecule has 1 aliphatic rings. The lowest BCUT2D eigenvalue weighted by Crippen LogP contribution is -2.30. The fraction of sp³-hybridized carbons (Fsp3) is 0.115. The Morgan fingerprint density at radius 2 is 1.76 bits per heavy atom. The molecule has 0 atom stereocenters. The summed E-state index contributed by atoms with van der Waals surface area (Å²) in [5.41, 5.74) is 3.49. The number of carbonyl (C=O) groups is 1.